The summed E-state index contributed by atoms with van der Waals surface area (Å²) >= 11 is 3.58. The number of ether oxygens (including phenoxy) is 1. The van der Waals surface area contributed by atoms with Crippen molar-refractivity contribution in [2.75, 3.05) is 19.8 Å². The molecule has 82 valence electrons. The third kappa shape index (κ3) is 2.10. The molecule has 1 saturated heterocycles. The van der Waals surface area contributed by atoms with Gasteiger partial charge in [-0.2, -0.15) is 0 Å². The van der Waals surface area contributed by atoms with E-state index in [0.29, 0.717) is 0 Å². The van der Waals surface area contributed by atoms with E-state index in [2.05, 4.69) is 34.1 Å². The molecule has 1 N–H and O–H groups in total. The molecule has 0 radical (unpaired) electrons. The van der Waals surface area contributed by atoms with E-state index in [-0.39, 0.29) is 12.0 Å². The molecule has 0 atom stereocenters. The lowest BCUT2D eigenvalue weighted by atomic mass is 9.75. The monoisotopic (exact) mass is 270 g/mol. The molecule has 1 aromatic rings. The highest BCUT2D eigenvalue weighted by atomic mass is 79.9. The molecule has 0 aliphatic carbocycles. The molecule has 15 heavy (non-hydrogen) atoms. The van der Waals surface area contributed by atoms with Crippen LogP contribution in [0.1, 0.15) is 18.4 Å². The van der Waals surface area contributed by atoms with Gasteiger partial charge in [0, 0.05) is 16.5 Å². The van der Waals surface area contributed by atoms with Gasteiger partial charge in [-0.25, -0.2) is 0 Å². The fraction of sp³-hybridized carbons (Fsp3) is 0.500. The van der Waals surface area contributed by atoms with Crippen molar-refractivity contribution in [2.24, 2.45) is 0 Å². The van der Waals surface area contributed by atoms with E-state index in [0.717, 1.165) is 30.5 Å². The van der Waals surface area contributed by atoms with Gasteiger partial charge in [-0.3, -0.25) is 0 Å². The smallest absolute Gasteiger partial charge is 0.0586 e. The number of aliphatic hydroxyl groups is 1. The second kappa shape index (κ2) is 4.64. The summed E-state index contributed by atoms with van der Waals surface area (Å²) in [5, 5.41) is 8.91. The molecule has 0 aromatic heterocycles. The molecule has 1 aliphatic heterocycles. The molecule has 0 bridgehead atoms. The zero-order valence-electron chi connectivity index (χ0n) is 8.58. The summed E-state index contributed by atoms with van der Waals surface area (Å²) in [6.07, 6.45) is 1.83. The van der Waals surface area contributed by atoms with Gasteiger partial charge >= 0.3 is 0 Å². The molecular formula is C12H15BrO2. The number of benzene rings is 1. The molecule has 1 aromatic carbocycles. The van der Waals surface area contributed by atoms with Crippen LogP contribution in [0.15, 0.2) is 28.7 Å². The summed E-state index contributed by atoms with van der Waals surface area (Å²) in [6.45, 7) is 1.80. The molecular weight excluding hydrogens is 256 g/mol. The van der Waals surface area contributed by atoms with Gasteiger partial charge in [0.15, 0.2) is 0 Å². The quantitative estimate of drug-likeness (QED) is 0.911. The fourth-order valence-electron chi connectivity index (χ4n) is 2.09. The Labute approximate surface area is 98.4 Å². The zero-order valence-corrected chi connectivity index (χ0v) is 10.2. The molecule has 0 spiro atoms. The van der Waals surface area contributed by atoms with Crippen molar-refractivity contribution >= 4 is 15.9 Å². The van der Waals surface area contributed by atoms with Crippen LogP contribution in [0, 0.1) is 0 Å². The Bertz CT molecular complexity index is 334. The highest BCUT2D eigenvalue weighted by molar-refractivity contribution is 9.10. The average molecular weight is 271 g/mol. The Kier molecular flexibility index (Phi) is 3.44. The number of hydrogen-bond acceptors (Lipinski definition) is 2. The van der Waals surface area contributed by atoms with Crippen molar-refractivity contribution in [1.29, 1.82) is 0 Å². The lowest BCUT2D eigenvalue weighted by Gasteiger charge is -2.42. The molecule has 3 heteroatoms. The van der Waals surface area contributed by atoms with Gasteiger partial charge < -0.3 is 9.84 Å². The van der Waals surface area contributed by atoms with E-state index in [1.54, 1.807) is 0 Å². The predicted octanol–water partition coefficient (Wildman–Crippen LogP) is 2.49. The SMILES string of the molecule is OCCCC1(c2ccccc2Br)COC1. The topological polar surface area (TPSA) is 29.5 Å². The molecule has 1 fully saturated rings. The van der Waals surface area contributed by atoms with Gasteiger partial charge in [0.25, 0.3) is 0 Å². The maximum Gasteiger partial charge on any atom is 0.0586 e. The van der Waals surface area contributed by atoms with Gasteiger partial charge in [-0.05, 0) is 24.5 Å². The maximum absolute atomic E-state index is 8.91. The van der Waals surface area contributed by atoms with Crippen LogP contribution in [-0.2, 0) is 10.2 Å². The minimum atomic E-state index is 0.128. The highest BCUT2D eigenvalue weighted by Gasteiger charge is 2.40. The number of aliphatic hydroxyl groups excluding tert-OH is 1. The van der Waals surface area contributed by atoms with Crippen LogP contribution in [0.3, 0.4) is 0 Å². The molecule has 2 rings (SSSR count). The van der Waals surface area contributed by atoms with Crippen molar-refractivity contribution in [3.05, 3.63) is 34.3 Å². The van der Waals surface area contributed by atoms with Crippen molar-refractivity contribution in [3.63, 3.8) is 0 Å². The van der Waals surface area contributed by atoms with Crippen LogP contribution in [0.5, 0.6) is 0 Å². The summed E-state index contributed by atoms with van der Waals surface area (Å²) in [5.74, 6) is 0. The van der Waals surface area contributed by atoms with E-state index >= 15 is 0 Å². The minimum absolute atomic E-state index is 0.128. The van der Waals surface area contributed by atoms with Gasteiger partial charge in [0.2, 0.25) is 0 Å². The van der Waals surface area contributed by atoms with E-state index in [9.17, 15) is 0 Å². The van der Waals surface area contributed by atoms with E-state index in [1.807, 2.05) is 6.07 Å². The van der Waals surface area contributed by atoms with Crippen LogP contribution in [-0.4, -0.2) is 24.9 Å². The summed E-state index contributed by atoms with van der Waals surface area (Å²) in [4.78, 5) is 0. The average Bonchev–Trinajstić information content (AvgIpc) is 2.19. The van der Waals surface area contributed by atoms with E-state index in [4.69, 9.17) is 9.84 Å². The van der Waals surface area contributed by atoms with Crippen LogP contribution in [0.25, 0.3) is 0 Å². The normalized spacial score (nSPS) is 18.5. The number of halogens is 1. The first kappa shape index (κ1) is 11.1. The molecule has 0 unspecified atom stereocenters. The zero-order chi connectivity index (χ0) is 10.7. The van der Waals surface area contributed by atoms with Crippen molar-refractivity contribution in [2.45, 2.75) is 18.3 Å². The Hall–Kier alpha value is -0.380. The fourth-order valence-corrected chi connectivity index (χ4v) is 2.80. The first-order valence-electron chi connectivity index (χ1n) is 5.22. The third-order valence-electron chi connectivity index (χ3n) is 3.02. The van der Waals surface area contributed by atoms with Crippen LogP contribution >= 0.6 is 15.9 Å². The van der Waals surface area contributed by atoms with Gasteiger partial charge in [0.1, 0.15) is 0 Å². The van der Waals surface area contributed by atoms with Gasteiger partial charge in [-0.15, -0.1) is 0 Å². The van der Waals surface area contributed by atoms with E-state index in [1.165, 1.54) is 5.56 Å². The second-order valence-corrected chi connectivity index (χ2v) is 4.93. The predicted molar refractivity (Wildman–Crippen MR) is 63.0 cm³/mol. The lowest BCUT2D eigenvalue weighted by Crippen LogP contribution is -2.47. The number of hydrogen-bond donors (Lipinski definition) is 1. The Morgan fingerprint density at radius 2 is 2.07 bits per heavy atom. The standard InChI is InChI=1S/C12H15BrO2/c13-11-5-2-1-4-10(11)12(6-3-7-14)8-15-9-12/h1-2,4-5,14H,3,6-9H2. The third-order valence-corrected chi connectivity index (χ3v) is 3.71. The van der Waals surface area contributed by atoms with Crippen LogP contribution in [0.2, 0.25) is 0 Å². The summed E-state index contributed by atoms with van der Waals surface area (Å²) in [7, 11) is 0. The largest absolute Gasteiger partial charge is 0.396 e. The van der Waals surface area contributed by atoms with Crippen molar-refractivity contribution in [1.82, 2.24) is 0 Å². The summed E-state index contributed by atoms with van der Waals surface area (Å²) in [6, 6.07) is 8.28. The van der Waals surface area contributed by atoms with Crippen molar-refractivity contribution < 1.29 is 9.84 Å². The second-order valence-electron chi connectivity index (χ2n) is 4.08. The first-order valence-corrected chi connectivity index (χ1v) is 6.01. The Morgan fingerprint density at radius 3 is 2.60 bits per heavy atom. The molecule has 0 amide bonds. The van der Waals surface area contributed by atoms with Crippen LogP contribution in [0.4, 0.5) is 0 Å². The molecule has 0 saturated carbocycles. The van der Waals surface area contributed by atoms with Crippen LogP contribution < -0.4 is 0 Å². The minimum Gasteiger partial charge on any atom is -0.396 e. The highest BCUT2D eigenvalue weighted by Crippen LogP contribution is 2.40. The summed E-state index contributed by atoms with van der Waals surface area (Å²) in [5.41, 5.74) is 1.44. The van der Waals surface area contributed by atoms with Gasteiger partial charge in [0.05, 0.1) is 13.2 Å². The van der Waals surface area contributed by atoms with Crippen molar-refractivity contribution in [3.8, 4) is 0 Å². The molecule has 1 aliphatic rings. The summed E-state index contributed by atoms with van der Waals surface area (Å²) < 4.78 is 6.49. The lowest BCUT2D eigenvalue weighted by molar-refractivity contribution is -0.0668. The molecule has 2 nitrogen and oxygen atoms in total. The molecule has 1 heterocycles. The first-order chi connectivity index (χ1) is 7.28. The number of rotatable bonds is 4. The Balaban J connectivity index is 2.22. The van der Waals surface area contributed by atoms with E-state index < -0.39 is 0 Å². The maximum atomic E-state index is 8.91. The van der Waals surface area contributed by atoms with Gasteiger partial charge in [-0.1, -0.05) is 34.1 Å². The Morgan fingerprint density at radius 1 is 1.33 bits per heavy atom.